The van der Waals surface area contributed by atoms with Crippen LogP contribution >= 0.6 is 0 Å². The van der Waals surface area contributed by atoms with Gasteiger partial charge in [0.2, 0.25) is 5.91 Å². The average molecular weight is 252 g/mol. The van der Waals surface area contributed by atoms with Crippen LogP contribution in [0.3, 0.4) is 0 Å². The minimum absolute atomic E-state index is 0.0261. The Morgan fingerprint density at radius 2 is 2.22 bits per heavy atom. The van der Waals surface area contributed by atoms with E-state index in [0.717, 1.165) is 5.69 Å². The SMILES string of the molecule is C[C@@H](O)c1cc(F)ccc1N1CCNC(=O)CC1. The van der Waals surface area contributed by atoms with Crippen LogP contribution in [-0.2, 0) is 4.79 Å². The van der Waals surface area contributed by atoms with Gasteiger partial charge in [0, 0.05) is 37.3 Å². The summed E-state index contributed by atoms with van der Waals surface area (Å²) in [6.07, 6.45) is -0.320. The molecule has 0 aromatic heterocycles. The fourth-order valence-corrected chi connectivity index (χ4v) is 2.16. The molecule has 4 nitrogen and oxygen atoms in total. The molecule has 1 heterocycles. The van der Waals surface area contributed by atoms with Crippen LogP contribution in [0, 0.1) is 5.82 Å². The number of hydrogen-bond acceptors (Lipinski definition) is 3. The first-order chi connectivity index (χ1) is 8.58. The quantitative estimate of drug-likeness (QED) is 0.831. The van der Waals surface area contributed by atoms with Crippen LogP contribution in [0.25, 0.3) is 0 Å². The summed E-state index contributed by atoms with van der Waals surface area (Å²) in [6, 6.07) is 4.38. The molecule has 2 N–H and O–H groups in total. The second-order valence-corrected chi connectivity index (χ2v) is 4.47. The Balaban J connectivity index is 2.29. The van der Waals surface area contributed by atoms with Gasteiger partial charge in [0.1, 0.15) is 5.82 Å². The Labute approximate surface area is 105 Å². The van der Waals surface area contributed by atoms with Gasteiger partial charge in [0.15, 0.2) is 0 Å². The number of benzene rings is 1. The van der Waals surface area contributed by atoms with Crippen LogP contribution in [0.5, 0.6) is 0 Å². The molecule has 0 aliphatic carbocycles. The number of aliphatic hydroxyl groups is 1. The minimum Gasteiger partial charge on any atom is -0.389 e. The van der Waals surface area contributed by atoms with Gasteiger partial charge in [-0.2, -0.15) is 0 Å². The third-order valence-corrected chi connectivity index (χ3v) is 3.09. The highest BCUT2D eigenvalue weighted by atomic mass is 19.1. The molecule has 5 heteroatoms. The largest absolute Gasteiger partial charge is 0.389 e. The van der Waals surface area contributed by atoms with E-state index >= 15 is 0 Å². The maximum Gasteiger partial charge on any atom is 0.221 e. The zero-order chi connectivity index (χ0) is 13.1. The third kappa shape index (κ3) is 2.79. The van der Waals surface area contributed by atoms with E-state index < -0.39 is 6.10 Å². The predicted molar refractivity (Wildman–Crippen MR) is 66.9 cm³/mol. The molecule has 0 bridgehead atoms. The monoisotopic (exact) mass is 252 g/mol. The molecule has 1 atom stereocenters. The lowest BCUT2D eigenvalue weighted by atomic mass is 10.1. The standard InChI is InChI=1S/C13H17FN2O2/c1-9(17)11-8-10(14)2-3-12(11)16-6-4-13(18)15-5-7-16/h2-3,8-9,17H,4-7H2,1H3,(H,15,18)/t9-/m1/s1. The van der Waals surface area contributed by atoms with E-state index in [1.807, 2.05) is 4.90 Å². The molecule has 1 saturated heterocycles. The van der Waals surface area contributed by atoms with Crippen LogP contribution in [0.1, 0.15) is 25.0 Å². The van der Waals surface area contributed by atoms with E-state index in [0.29, 0.717) is 31.6 Å². The van der Waals surface area contributed by atoms with E-state index in [2.05, 4.69) is 5.32 Å². The molecule has 1 fully saturated rings. The molecular formula is C13H17FN2O2. The fraction of sp³-hybridized carbons (Fsp3) is 0.462. The van der Waals surface area contributed by atoms with Crippen LogP contribution in [0.15, 0.2) is 18.2 Å². The van der Waals surface area contributed by atoms with E-state index in [4.69, 9.17) is 0 Å². The first kappa shape index (κ1) is 12.8. The van der Waals surface area contributed by atoms with Gasteiger partial charge in [0.05, 0.1) is 6.10 Å². The van der Waals surface area contributed by atoms with E-state index in [9.17, 15) is 14.3 Å². The fourth-order valence-electron chi connectivity index (χ4n) is 2.16. The van der Waals surface area contributed by atoms with Crippen molar-refractivity contribution in [1.29, 1.82) is 0 Å². The number of rotatable bonds is 2. The summed E-state index contributed by atoms with van der Waals surface area (Å²) >= 11 is 0. The highest BCUT2D eigenvalue weighted by molar-refractivity contribution is 5.77. The molecule has 1 aromatic carbocycles. The summed E-state index contributed by atoms with van der Waals surface area (Å²) in [6.45, 7) is 3.42. The second kappa shape index (κ2) is 5.35. The van der Waals surface area contributed by atoms with Gasteiger partial charge in [0.25, 0.3) is 0 Å². The van der Waals surface area contributed by atoms with Gasteiger partial charge < -0.3 is 15.3 Å². The summed E-state index contributed by atoms with van der Waals surface area (Å²) < 4.78 is 13.2. The summed E-state index contributed by atoms with van der Waals surface area (Å²) in [4.78, 5) is 13.3. The molecule has 0 saturated carbocycles. The smallest absolute Gasteiger partial charge is 0.221 e. The van der Waals surface area contributed by atoms with Crippen molar-refractivity contribution in [3.8, 4) is 0 Å². The molecule has 1 aromatic rings. The van der Waals surface area contributed by atoms with Gasteiger partial charge in [-0.25, -0.2) is 4.39 Å². The molecule has 2 rings (SSSR count). The predicted octanol–water partition coefficient (Wildman–Crippen LogP) is 1.21. The topological polar surface area (TPSA) is 52.6 Å². The number of anilines is 1. The maximum absolute atomic E-state index is 13.2. The number of halogens is 1. The summed E-state index contributed by atoms with van der Waals surface area (Å²) in [5, 5.41) is 12.5. The molecule has 0 spiro atoms. The molecule has 0 unspecified atom stereocenters. The van der Waals surface area contributed by atoms with Crippen molar-refractivity contribution in [3.63, 3.8) is 0 Å². The van der Waals surface area contributed by atoms with Gasteiger partial charge >= 0.3 is 0 Å². The molecule has 18 heavy (non-hydrogen) atoms. The number of carbonyl (C=O) groups excluding carboxylic acids is 1. The Kier molecular flexibility index (Phi) is 3.81. The zero-order valence-corrected chi connectivity index (χ0v) is 10.3. The Hall–Kier alpha value is -1.62. The lowest BCUT2D eigenvalue weighted by Gasteiger charge is -2.25. The van der Waals surface area contributed by atoms with Gasteiger partial charge in [-0.1, -0.05) is 0 Å². The summed E-state index contributed by atoms with van der Waals surface area (Å²) in [7, 11) is 0. The first-order valence-electron chi connectivity index (χ1n) is 6.07. The molecule has 1 aliphatic rings. The Morgan fingerprint density at radius 1 is 1.44 bits per heavy atom. The highest BCUT2D eigenvalue weighted by Crippen LogP contribution is 2.27. The molecule has 0 radical (unpaired) electrons. The maximum atomic E-state index is 13.2. The normalized spacial score (nSPS) is 18.2. The van der Waals surface area contributed by atoms with Crippen LogP contribution in [-0.4, -0.2) is 30.6 Å². The van der Waals surface area contributed by atoms with Crippen LogP contribution < -0.4 is 10.2 Å². The van der Waals surface area contributed by atoms with E-state index in [1.54, 1.807) is 13.0 Å². The van der Waals surface area contributed by atoms with Gasteiger partial charge in [-0.15, -0.1) is 0 Å². The molecular weight excluding hydrogens is 235 g/mol. The van der Waals surface area contributed by atoms with Crippen molar-refractivity contribution in [2.45, 2.75) is 19.4 Å². The van der Waals surface area contributed by atoms with E-state index in [1.165, 1.54) is 12.1 Å². The van der Waals surface area contributed by atoms with Crippen molar-refractivity contribution >= 4 is 11.6 Å². The first-order valence-corrected chi connectivity index (χ1v) is 6.07. The minimum atomic E-state index is -0.734. The Bertz CT molecular complexity index is 449. The number of nitrogens with zero attached hydrogens (tertiary/aromatic N) is 1. The third-order valence-electron chi connectivity index (χ3n) is 3.09. The zero-order valence-electron chi connectivity index (χ0n) is 10.3. The number of aliphatic hydroxyl groups excluding tert-OH is 1. The number of hydrogen-bond donors (Lipinski definition) is 2. The molecule has 1 amide bonds. The molecule has 1 aliphatic heterocycles. The van der Waals surface area contributed by atoms with Crippen molar-refractivity contribution in [2.24, 2.45) is 0 Å². The summed E-state index contributed by atoms with van der Waals surface area (Å²) in [5.41, 5.74) is 1.35. The van der Waals surface area contributed by atoms with Gasteiger partial charge in [-0.05, 0) is 25.1 Å². The number of nitrogens with one attached hydrogen (secondary N) is 1. The molecule has 98 valence electrons. The van der Waals surface area contributed by atoms with Crippen LogP contribution in [0.2, 0.25) is 0 Å². The van der Waals surface area contributed by atoms with Crippen molar-refractivity contribution in [2.75, 3.05) is 24.5 Å². The van der Waals surface area contributed by atoms with Crippen molar-refractivity contribution < 1.29 is 14.3 Å². The second-order valence-electron chi connectivity index (χ2n) is 4.47. The average Bonchev–Trinajstić information content (AvgIpc) is 2.54. The lowest BCUT2D eigenvalue weighted by molar-refractivity contribution is -0.120. The summed E-state index contributed by atoms with van der Waals surface area (Å²) in [5.74, 6) is -0.336. The Morgan fingerprint density at radius 3 is 2.94 bits per heavy atom. The van der Waals surface area contributed by atoms with Crippen molar-refractivity contribution in [3.05, 3.63) is 29.6 Å². The van der Waals surface area contributed by atoms with Gasteiger partial charge in [-0.3, -0.25) is 4.79 Å². The number of carbonyl (C=O) groups is 1. The highest BCUT2D eigenvalue weighted by Gasteiger charge is 2.18. The van der Waals surface area contributed by atoms with E-state index in [-0.39, 0.29) is 11.7 Å². The lowest BCUT2D eigenvalue weighted by Crippen LogP contribution is -2.29. The van der Waals surface area contributed by atoms with Crippen LogP contribution in [0.4, 0.5) is 10.1 Å². The van der Waals surface area contributed by atoms with Crippen molar-refractivity contribution in [1.82, 2.24) is 5.32 Å². The number of amides is 1.